The first-order chi connectivity index (χ1) is 15.6. The molecule has 172 valence electrons. The molecule has 2 heterocycles. The fourth-order valence-electron chi connectivity index (χ4n) is 4.63. The predicted molar refractivity (Wildman–Crippen MR) is 126 cm³/mol. The zero-order valence-corrected chi connectivity index (χ0v) is 19.1. The zero-order chi connectivity index (χ0) is 22.5. The van der Waals surface area contributed by atoms with Crippen molar-refractivity contribution < 1.29 is 19.3 Å². The quantitative estimate of drug-likeness (QED) is 0.629. The van der Waals surface area contributed by atoms with Crippen LogP contribution in [0.4, 0.5) is 5.69 Å². The molecule has 2 aliphatic heterocycles. The summed E-state index contributed by atoms with van der Waals surface area (Å²) >= 11 is 0. The minimum absolute atomic E-state index is 0.0393. The summed E-state index contributed by atoms with van der Waals surface area (Å²) in [7, 11) is 1.67. The number of para-hydroxylation sites is 2. The molecule has 0 amide bonds. The second kappa shape index (κ2) is 10.4. The SMILES string of the molecule is C=C(C)CCC(C(O)N1c2ccccc2OCC1c1ccc(OC)cc1)N1CCOCC1. The Kier molecular flexibility index (Phi) is 7.35. The van der Waals surface area contributed by atoms with Gasteiger partial charge in [-0.2, -0.15) is 0 Å². The van der Waals surface area contributed by atoms with E-state index in [9.17, 15) is 5.11 Å². The third-order valence-corrected chi connectivity index (χ3v) is 6.39. The molecule has 0 bridgehead atoms. The number of anilines is 1. The number of hydrogen-bond donors (Lipinski definition) is 1. The lowest BCUT2D eigenvalue weighted by molar-refractivity contribution is -0.0290. The zero-order valence-electron chi connectivity index (χ0n) is 19.1. The summed E-state index contributed by atoms with van der Waals surface area (Å²) in [5.74, 6) is 1.61. The Morgan fingerprint density at radius 2 is 1.88 bits per heavy atom. The number of ether oxygens (including phenoxy) is 3. The molecule has 3 atom stereocenters. The molecule has 3 unspecified atom stereocenters. The third-order valence-electron chi connectivity index (χ3n) is 6.39. The summed E-state index contributed by atoms with van der Waals surface area (Å²) in [5, 5.41) is 11.9. The Bertz CT molecular complexity index is 895. The van der Waals surface area contributed by atoms with Crippen molar-refractivity contribution in [1.29, 1.82) is 0 Å². The minimum Gasteiger partial charge on any atom is -0.497 e. The molecule has 4 rings (SSSR count). The first-order valence-electron chi connectivity index (χ1n) is 11.4. The van der Waals surface area contributed by atoms with Crippen molar-refractivity contribution in [2.45, 2.75) is 38.1 Å². The molecule has 0 aliphatic carbocycles. The molecule has 0 spiro atoms. The summed E-state index contributed by atoms with van der Waals surface area (Å²) in [6.07, 6.45) is 1.01. The third kappa shape index (κ3) is 4.93. The maximum absolute atomic E-state index is 11.9. The van der Waals surface area contributed by atoms with Crippen LogP contribution in [0.25, 0.3) is 0 Å². The van der Waals surface area contributed by atoms with Crippen LogP contribution < -0.4 is 14.4 Å². The van der Waals surface area contributed by atoms with Crippen molar-refractivity contribution in [1.82, 2.24) is 4.90 Å². The van der Waals surface area contributed by atoms with Crippen molar-refractivity contribution >= 4 is 5.69 Å². The minimum atomic E-state index is -0.704. The van der Waals surface area contributed by atoms with E-state index in [2.05, 4.69) is 28.5 Å². The number of nitrogens with zero attached hydrogens (tertiary/aromatic N) is 2. The fourth-order valence-corrected chi connectivity index (χ4v) is 4.63. The van der Waals surface area contributed by atoms with E-state index < -0.39 is 6.23 Å². The van der Waals surface area contributed by atoms with Crippen LogP contribution in [-0.2, 0) is 4.74 Å². The highest BCUT2D eigenvalue weighted by molar-refractivity contribution is 5.62. The lowest BCUT2D eigenvalue weighted by Gasteiger charge is -2.47. The summed E-state index contributed by atoms with van der Waals surface area (Å²) in [6.45, 7) is 9.62. The fraction of sp³-hybridized carbons (Fsp3) is 0.462. The molecule has 0 radical (unpaired) electrons. The van der Waals surface area contributed by atoms with Crippen molar-refractivity contribution in [3.8, 4) is 11.5 Å². The summed E-state index contributed by atoms with van der Waals surface area (Å²) < 4.78 is 17.0. The average Bonchev–Trinajstić information content (AvgIpc) is 2.84. The van der Waals surface area contributed by atoms with E-state index in [1.54, 1.807) is 7.11 Å². The van der Waals surface area contributed by atoms with Crippen LogP contribution >= 0.6 is 0 Å². The summed E-state index contributed by atoms with van der Waals surface area (Å²) in [4.78, 5) is 4.50. The second-order valence-corrected chi connectivity index (χ2v) is 8.60. The summed E-state index contributed by atoms with van der Waals surface area (Å²) in [5.41, 5.74) is 3.13. The van der Waals surface area contributed by atoms with Gasteiger partial charge in [-0.15, -0.1) is 6.58 Å². The molecule has 0 saturated carbocycles. The van der Waals surface area contributed by atoms with Crippen LogP contribution in [0.2, 0.25) is 0 Å². The Balaban J connectivity index is 1.70. The number of morpholine rings is 1. The smallest absolute Gasteiger partial charge is 0.143 e. The maximum Gasteiger partial charge on any atom is 0.143 e. The molecule has 2 aliphatic rings. The van der Waals surface area contributed by atoms with Gasteiger partial charge in [0, 0.05) is 13.1 Å². The molecule has 6 nitrogen and oxygen atoms in total. The number of benzene rings is 2. The highest BCUT2D eigenvalue weighted by Gasteiger charge is 2.39. The van der Waals surface area contributed by atoms with Gasteiger partial charge in [0.25, 0.3) is 0 Å². The molecule has 6 heteroatoms. The van der Waals surface area contributed by atoms with Gasteiger partial charge in [-0.25, -0.2) is 0 Å². The van der Waals surface area contributed by atoms with Gasteiger partial charge < -0.3 is 24.2 Å². The Labute approximate surface area is 191 Å². The number of aliphatic hydroxyl groups excluding tert-OH is 1. The highest BCUT2D eigenvalue weighted by Crippen LogP contribution is 2.42. The van der Waals surface area contributed by atoms with Gasteiger partial charge in [-0.05, 0) is 49.6 Å². The van der Waals surface area contributed by atoms with Gasteiger partial charge in [0.15, 0.2) is 0 Å². The first-order valence-corrected chi connectivity index (χ1v) is 11.4. The van der Waals surface area contributed by atoms with E-state index in [0.29, 0.717) is 19.8 Å². The van der Waals surface area contributed by atoms with Crippen LogP contribution in [0.15, 0.2) is 60.7 Å². The van der Waals surface area contributed by atoms with E-state index in [-0.39, 0.29) is 12.1 Å². The average molecular weight is 439 g/mol. The van der Waals surface area contributed by atoms with Crippen molar-refractivity contribution in [3.05, 3.63) is 66.2 Å². The van der Waals surface area contributed by atoms with E-state index in [4.69, 9.17) is 14.2 Å². The monoisotopic (exact) mass is 438 g/mol. The van der Waals surface area contributed by atoms with Crippen LogP contribution in [0.1, 0.15) is 31.4 Å². The van der Waals surface area contributed by atoms with Gasteiger partial charge in [0.05, 0.1) is 38.1 Å². The number of allylic oxidation sites excluding steroid dienone is 1. The van der Waals surface area contributed by atoms with Gasteiger partial charge >= 0.3 is 0 Å². The summed E-state index contributed by atoms with van der Waals surface area (Å²) in [6, 6.07) is 15.8. The molecular weight excluding hydrogens is 404 g/mol. The topological polar surface area (TPSA) is 54.4 Å². The van der Waals surface area contributed by atoms with Gasteiger partial charge in [0.2, 0.25) is 0 Å². The molecule has 0 aromatic heterocycles. The number of fused-ring (bicyclic) bond motifs is 1. The lowest BCUT2D eigenvalue weighted by atomic mass is 9.98. The highest BCUT2D eigenvalue weighted by atomic mass is 16.5. The van der Waals surface area contributed by atoms with Gasteiger partial charge in [-0.3, -0.25) is 4.90 Å². The standard InChI is InChI=1S/C26H34N2O4/c1-19(2)8-13-23(27-14-16-31-17-15-27)26(29)28-22-6-4-5-7-25(22)32-18-24(28)20-9-11-21(30-3)12-10-20/h4-7,9-12,23-24,26,29H,1,8,13-18H2,2-3H3. The number of rotatable bonds is 8. The Morgan fingerprint density at radius 1 is 1.16 bits per heavy atom. The van der Waals surface area contributed by atoms with Crippen LogP contribution in [-0.4, -0.2) is 62.3 Å². The largest absolute Gasteiger partial charge is 0.497 e. The van der Waals surface area contributed by atoms with E-state index in [1.165, 1.54) is 0 Å². The molecule has 2 aromatic carbocycles. The molecular formula is C26H34N2O4. The molecule has 32 heavy (non-hydrogen) atoms. The molecule has 1 N–H and O–H groups in total. The molecule has 1 fully saturated rings. The second-order valence-electron chi connectivity index (χ2n) is 8.60. The van der Waals surface area contributed by atoms with Crippen molar-refractivity contribution in [3.63, 3.8) is 0 Å². The van der Waals surface area contributed by atoms with Crippen molar-refractivity contribution in [2.24, 2.45) is 0 Å². The number of methoxy groups -OCH3 is 1. The molecule has 2 aromatic rings. The normalized spacial score (nSPS) is 20.7. The predicted octanol–water partition coefficient (Wildman–Crippen LogP) is 4.01. The first kappa shape index (κ1) is 22.6. The van der Waals surface area contributed by atoms with Gasteiger partial charge in [-0.1, -0.05) is 29.8 Å². The Hall–Kier alpha value is -2.54. The number of hydrogen-bond acceptors (Lipinski definition) is 6. The van der Waals surface area contributed by atoms with Gasteiger partial charge in [0.1, 0.15) is 24.3 Å². The van der Waals surface area contributed by atoms with Crippen LogP contribution in [0.3, 0.4) is 0 Å². The van der Waals surface area contributed by atoms with E-state index in [0.717, 1.165) is 54.3 Å². The lowest BCUT2D eigenvalue weighted by Crippen LogP contribution is -2.57. The van der Waals surface area contributed by atoms with E-state index >= 15 is 0 Å². The van der Waals surface area contributed by atoms with E-state index in [1.807, 2.05) is 43.3 Å². The Morgan fingerprint density at radius 3 is 2.56 bits per heavy atom. The van der Waals surface area contributed by atoms with Crippen LogP contribution in [0.5, 0.6) is 11.5 Å². The number of aliphatic hydroxyl groups is 1. The van der Waals surface area contributed by atoms with Crippen LogP contribution in [0, 0.1) is 0 Å². The maximum atomic E-state index is 11.9. The molecule has 1 saturated heterocycles. The van der Waals surface area contributed by atoms with Crippen molar-refractivity contribution in [2.75, 3.05) is 44.9 Å².